The van der Waals surface area contributed by atoms with Crippen molar-refractivity contribution in [3.05, 3.63) is 46.0 Å². The number of halogens is 2. The van der Waals surface area contributed by atoms with Gasteiger partial charge in [0.05, 0.1) is 28.6 Å². The van der Waals surface area contributed by atoms with Crippen LogP contribution in [0.3, 0.4) is 0 Å². The second-order valence-corrected chi connectivity index (χ2v) is 4.48. The number of nitrogens with one attached hydrogen (secondary N) is 1. The van der Waals surface area contributed by atoms with Gasteiger partial charge in [0.25, 0.3) is 0 Å². The summed E-state index contributed by atoms with van der Waals surface area (Å²) < 4.78 is 15.1. The smallest absolute Gasteiger partial charge is 0.143 e. The molecule has 4 nitrogen and oxygen atoms in total. The van der Waals surface area contributed by atoms with E-state index in [1.165, 1.54) is 6.07 Å². The third kappa shape index (κ3) is 2.54. The maximum absolute atomic E-state index is 13.4. The predicted octanol–water partition coefficient (Wildman–Crippen LogP) is 3.00. The Hall–Kier alpha value is -2.06. The van der Waals surface area contributed by atoms with E-state index in [2.05, 4.69) is 10.4 Å². The molecule has 0 amide bonds. The van der Waals surface area contributed by atoms with Crippen LogP contribution in [0.25, 0.3) is 0 Å². The Bertz CT molecular complexity index is 657. The van der Waals surface area contributed by atoms with E-state index in [1.54, 1.807) is 23.9 Å². The number of rotatable bonds is 3. The second-order valence-electron chi connectivity index (χ2n) is 4.10. The minimum absolute atomic E-state index is 0.00230. The molecule has 1 heterocycles. The minimum Gasteiger partial charge on any atom is -0.378 e. The molecule has 0 aliphatic heterocycles. The van der Waals surface area contributed by atoms with E-state index in [0.717, 1.165) is 11.4 Å². The summed E-state index contributed by atoms with van der Waals surface area (Å²) in [6.45, 7) is 2.18. The molecule has 0 unspecified atom stereocenters. The maximum Gasteiger partial charge on any atom is 0.143 e. The van der Waals surface area contributed by atoms with Crippen LogP contribution in [0.2, 0.25) is 5.02 Å². The minimum atomic E-state index is -0.542. The number of nitrogens with zero attached hydrogens (tertiary/aromatic N) is 3. The van der Waals surface area contributed by atoms with Crippen LogP contribution in [0, 0.1) is 24.1 Å². The lowest BCUT2D eigenvalue weighted by atomic mass is 10.2. The molecule has 0 saturated carbocycles. The van der Waals surface area contributed by atoms with Gasteiger partial charge in [-0.05, 0) is 19.1 Å². The van der Waals surface area contributed by atoms with Crippen LogP contribution < -0.4 is 5.32 Å². The molecule has 0 aliphatic rings. The van der Waals surface area contributed by atoms with Crippen molar-refractivity contribution in [1.82, 2.24) is 9.78 Å². The van der Waals surface area contributed by atoms with Crippen LogP contribution >= 0.6 is 11.6 Å². The summed E-state index contributed by atoms with van der Waals surface area (Å²) in [7, 11) is 1.78. The predicted molar refractivity (Wildman–Crippen MR) is 71.4 cm³/mol. The lowest BCUT2D eigenvalue weighted by molar-refractivity contribution is 0.624. The van der Waals surface area contributed by atoms with Crippen LogP contribution in [0.1, 0.15) is 17.0 Å². The van der Waals surface area contributed by atoms with Crippen LogP contribution in [0.4, 0.5) is 10.1 Å². The molecular formula is C13H12ClFN4. The lowest BCUT2D eigenvalue weighted by Gasteiger charge is -2.09. The highest BCUT2D eigenvalue weighted by Gasteiger charge is 2.12. The van der Waals surface area contributed by atoms with Crippen LogP contribution in [-0.2, 0) is 13.6 Å². The van der Waals surface area contributed by atoms with Gasteiger partial charge in [0, 0.05) is 7.05 Å². The van der Waals surface area contributed by atoms with E-state index in [0.29, 0.717) is 17.3 Å². The van der Waals surface area contributed by atoms with Gasteiger partial charge in [0.1, 0.15) is 17.4 Å². The molecule has 1 N–H and O–H groups in total. The Kier molecular flexibility index (Phi) is 3.72. The average molecular weight is 279 g/mol. The molecule has 19 heavy (non-hydrogen) atoms. The molecule has 0 radical (unpaired) electrons. The number of hydrogen-bond donors (Lipinski definition) is 1. The number of aryl methyl sites for hydroxylation is 2. The zero-order chi connectivity index (χ0) is 14.0. The lowest BCUT2D eigenvalue weighted by Crippen LogP contribution is -2.07. The number of aromatic nitrogens is 2. The third-order valence-corrected chi connectivity index (χ3v) is 3.32. The van der Waals surface area contributed by atoms with Crippen molar-refractivity contribution in [2.75, 3.05) is 5.32 Å². The molecule has 0 spiro atoms. The SMILES string of the molecule is Cc1nn(C)c(CNc2cccc(F)c2C#N)c1Cl. The van der Waals surface area contributed by atoms with E-state index < -0.39 is 5.82 Å². The van der Waals surface area contributed by atoms with Gasteiger partial charge in [-0.25, -0.2) is 4.39 Å². The quantitative estimate of drug-likeness (QED) is 0.939. The van der Waals surface area contributed by atoms with Gasteiger partial charge in [-0.3, -0.25) is 4.68 Å². The molecule has 1 aromatic heterocycles. The first-order chi connectivity index (χ1) is 9.04. The summed E-state index contributed by atoms with van der Waals surface area (Å²) in [5.74, 6) is -0.542. The van der Waals surface area contributed by atoms with Gasteiger partial charge < -0.3 is 5.32 Å². The molecule has 0 fully saturated rings. The first-order valence-electron chi connectivity index (χ1n) is 5.65. The zero-order valence-corrected chi connectivity index (χ0v) is 11.3. The first-order valence-corrected chi connectivity index (χ1v) is 6.03. The molecule has 2 aromatic rings. The van der Waals surface area contributed by atoms with Crippen LogP contribution in [0.5, 0.6) is 0 Å². The van der Waals surface area contributed by atoms with Crippen LogP contribution in [-0.4, -0.2) is 9.78 Å². The molecule has 6 heteroatoms. The van der Waals surface area contributed by atoms with Crippen molar-refractivity contribution in [2.24, 2.45) is 7.05 Å². The summed E-state index contributed by atoms with van der Waals surface area (Å²) >= 11 is 6.12. The molecule has 98 valence electrons. The molecule has 1 aromatic carbocycles. The highest BCUT2D eigenvalue weighted by Crippen LogP contribution is 2.22. The zero-order valence-electron chi connectivity index (χ0n) is 10.5. The highest BCUT2D eigenvalue weighted by molar-refractivity contribution is 6.31. The van der Waals surface area contributed by atoms with Gasteiger partial charge in [-0.2, -0.15) is 10.4 Å². The highest BCUT2D eigenvalue weighted by atomic mass is 35.5. The number of nitriles is 1. The number of hydrogen-bond acceptors (Lipinski definition) is 3. The fraction of sp³-hybridized carbons (Fsp3) is 0.231. The Balaban J connectivity index is 2.25. The van der Waals surface area contributed by atoms with E-state index in [-0.39, 0.29) is 5.56 Å². The largest absolute Gasteiger partial charge is 0.378 e. The monoisotopic (exact) mass is 278 g/mol. The number of benzene rings is 1. The Labute approximate surface area is 115 Å². The summed E-state index contributed by atoms with van der Waals surface area (Å²) in [4.78, 5) is 0. The fourth-order valence-electron chi connectivity index (χ4n) is 1.84. The van der Waals surface area contributed by atoms with E-state index in [9.17, 15) is 4.39 Å². The third-order valence-electron chi connectivity index (χ3n) is 2.83. The van der Waals surface area contributed by atoms with Crippen molar-refractivity contribution >= 4 is 17.3 Å². The summed E-state index contributed by atoms with van der Waals surface area (Å²) in [6, 6.07) is 6.30. The number of anilines is 1. The van der Waals surface area contributed by atoms with E-state index >= 15 is 0 Å². The molecule has 0 atom stereocenters. The van der Waals surface area contributed by atoms with Crippen molar-refractivity contribution < 1.29 is 4.39 Å². The molecule has 0 saturated heterocycles. The maximum atomic E-state index is 13.4. The van der Waals surface area contributed by atoms with Crippen molar-refractivity contribution in [1.29, 1.82) is 5.26 Å². The van der Waals surface area contributed by atoms with Crippen molar-refractivity contribution in [3.8, 4) is 6.07 Å². The average Bonchev–Trinajstić information content (AvgIpc) is 2.61. The van der Waals surface area contributed by atoms with Gasteiger partial charge in [-0.1, -0.05) is 17.7 Å². The summed E-state index contributed by atoms with van der Waals surface area (Å²) in [5, 5.41) is 16.7. The topological polar surface area (TPSA) is 53.6 Å². The van der Waals surface area contributed by atoms with Gasteiger partial charge in [0.15, 0.2) is 0 Å². The second kappa shape index (κ2) is 5.29. The first kappa shape index (κ1) is 13.4. The molecule has 0 bridgehead atoms. The molecule has 0 aliphatic carbocycles. The summed E-state index contributed by atoms with van der Waals surface area (Å²) in [6.07, 6.45) is 0. The van der Waals surface area contributed by atoms with E-state index in [1.807, 2.05) is 13.0 Å². The van der Waals surface area contributed by atoms with Crippen molar-refractivity contribution in [2.45, 2.75) is 13.5 Å². The standard InChI is InChI=1S/C13H12ClFN4/c1-8-13(14)12(19(2)18-8)7-17-11-5-3-4-10(15)9(11)6-16/h3-5,17H,7H2,1-2H3. The Morgan fingerprint density at radius 2 is 2.26 bits per heavy atom. The van der Waals surface area contributed by atoms with Crippen LogP contribution in [0.15, 0.2) is 18.2 Å². The fourth-order valence-corrected chi connectivity index (χ4v) is 2.06. The van der Waals surface area contributed by atoms with E-state index in [4.69, 9.17) is 16.9 Å². The summed E-state index contributed by atoms with van der Waals surface area (Å²) in [5.41, 5.74) is 1.96. The normalized spacial score (nSPS) is 10.3. The Morgan fingerprint density at radius 1 is 1.53 bits per heavy atom. The van der Waals surface area contributed by atoms with Gasteiger partial charge in [0.2, 0.25) is 0 Å². The molecule has 2 rings (SSSR count). The Morgan fingerprint density at radius 3 is 2.84 bits per heavy atom. The van der Waals surface area contributed by atoms with Gasteiger partial charge >= 0.3 is 0 Å². The van der Waals surface area contributed by atoms with Crippen molar-refractivity contribution in [3.63, 3.8) is 0 Å². The molecular weight excluding hydrogens is 267 g/mol. The van der Waals surface area contributed by atoms with Gasteiger partial charge in [-0.15, -0.1) is 0 Å².